The second kappa shape index (κ2) is 7.03. The second-order valence-electron chi connectivity index (χ2n) is 6.00. The average Bonchev–Trinajstić information content (AvgIpc) is 2.60. The van der Waals surface area contributed by atoms with Crippen LogP contribution in [0.5, 0.6) is 5.75 Å². The number of aryl methyl sites for hydroxylation is 1. The first-order valence-electron chi connectivity index (χ1n) is 7.96. The maximum atomic E-state index is 13.0. The van der Waals surface area contributed by atoms with Crippen molar-refractivity contribution in [3.05, 3.63) is 53.6 Å². The van der Waals surface area contributed by atoms with Crippen LogP contribution >= 0.6 is 0 Å². The number of alkyl halides is 2. The van der Waals surface area contributed by atoms with Crippen molar-refractivity contribution in [1.82, 2.24) is 0 Å². The third-order valence-corrected chi connectivity index (χ3v) is 5.26. The second-order valence-corrected chi connectivity index (χ2v) is 8.02. The van der Waals surface area contributed by atoms with E-state index in [4.69, 9.17) is 0 Å². The van der Waals surface area contributed by atoms with E-state index in [1.54, 1.807) is 12.1 Å². The van der Waals surface area contributed by atoms with Gasteiger partial charge in [-0.2, -0.15) is 8.78 Å². The predicted octanol–water partition coefficient (Wildman–Crippen LogP) is 3.28. The monoisotopic (exact) mass is 381 g/mol. The molecule has 1 amide bonds. The smallest absolute Gasteiger partial charge is 0.387 e. The summed E-state index contributed by atoms with van der Waals surface area (Å²) >= 11 is 0. The molecule has 3 rings (SSSR count). The molecule has 1 aliphatic rings. The lowest BCUT2D eigenvalue weighted by atomic mass is 10.00. The molecule has 0 aliphatic carbocycles. The standard InChI is InChI=1S/C18H17F2NO4S/c1-26(23,24)14-8-2-6-13(11-14)17(22)21-10-4-7-12-5-3-9-15(16(12)21)25-18(19)20/h2-3,5-6,8-9,11,18H,4,7,10H2,1H3. The van der Waals surface area contributed by atoms with Crippen LogP contribution in [0, 0.1) is 0 Å². The Morgan fingerprint density at radius 3 is 2.62 bits per heavy atom. The Morgan fingerprint density at radius 1 is 1.19 bits per heavy atom. The van der Waals surface area contributed by atoms with Gasteiger partial charge in [-0.3, -0.25) is 4.79 Å². The van der Waals surface area contributed by atoms with Gasteiger partial charge in [-0.25, -0.2) is 8.42 Å². The van der Waals surface area contributed by atoms with Gasteiger partial charge in [0.05, 0.1) is 10.6 Å². The molecule has 0 spiro atoms. The van der Waals surface area contributed by atoms with E-state index in [-0.39, 0.29) is 16.2 Å². The molecular formula is C18H17F2NO4S. The molecule has 0 unspecified atom stereocenters. The SMILES string of the molecule is CS(=O)(=O)c1cccc(C(=O)N2CCCc3cccc(OC(F)F)c32)c1. The topological polar surface area (TPSA) is 63.7 Å². The van der Waals surface area contributed by atoms with Gasteiger partial charge < -0.3 is 9.64 Å². The first-order valence-corrected chi connectivity index (χ1v) is 9.85. The molecule has 0 saturated heterocycles. The van der Waals surface area contributed by atoms with Crippen LogP contribution in [-0.2, 0) is 16.3 Å². The highest BCUT2D eigenvalue weighted by Gasteiger charge is 2.28. The van der Waals surface area contributed by atoms with Crippen molar-refractivity contribution in [3.63, 3.8) is 0 Å². The minimum atomic E-state index is -3.47. The van der Waals surface area contributed by atoms with Crippen LogP contribution < -0.4 is 9.64 Å². The Kier molecular flexibility index (Phi) is 4.95. The van der Waals surface area contributed by atoms with E-state index in [0.717, 1.165) is 11.8 Å². The van der Waals surface area contributed by atoms with Gasteiger partial charge in [0.25, 0.3) is 5.91 Å². The fourth-order valence-corrected chi connectivity index (χ4v) is 3.69. The minimum absolute atomic E-state index is 0.0256. The highest BCUT2D eigenvalue weighted by atomic mass is 32.2. The third-order valence-electron chi connectivity index (χ3n) is 4.15. The number of halogens is 2. The molecule has 0 bridgehead atoms. The van der Waals surface area contributed by atoms with Gasteiger partial charge in [0, 0.05) is 18.4 Å². The fraction of sp³-hybridized carbons (Fsp3) is 0.278. The summed E-state index contributed by atoms with van der Waals surface area (Å²) in [5.74, 6) is -0.522. The lowest BCUT2D eigenvalue weighted by molar-refractivity contribution is -0.0495. The van der Waals surface area contributed by atoms with Crippen molar-refractivity contribution in [3.8, 4) is 5.75 Å². The largest absolute Gasteiger partial charge is 0.433 e. The Morgan fingerprint density at radius 2 is 1.92 bits per heavy atom. The van der Waals surface area contributed by atoms with E-state index in [1.807, 2.05) is 0 Å². The van der Waals surface area contributed by atoms with Gasteiger partial charge in [0.15, 0.2) is 9.84 Å². The van der Waals surface area contributed by atoms with E-state index < -0.39 is 22.4 Å². The number of carbonyl (C=O) groups is 1. The average molecular weight is 381 g/mol. The molecule has 26 heavy (non-hydrogen) atoms. The molecule has 5 nitrogen and oxygen atoms in total. The summed E-state index contributed by atoms with van der Waals surface area (Å²) in [6.45, 7) is -2.67. The number of rotatable bonds is 4. The number of anilines is 1. The van der Waals surface area contributed by atoms with Crippen molar-refractivity contribution >= 4 is 21.4 Å². The number of hydrogen-bond acceptors (Lipinski definition) is 4. The molecule has 1 heterocycles. The summed E-state index contributed by atoms with van der Waals surface area (Å²) in [5, 5.41) is 0. The quantitative estimate of drug-likeness (QED) is 0.815. The van der Waals surface area contributed by atoms with E-state index in [2.05, 4.69) is 4.74 Å². The molecule has 2 aromatic carbocycles. The van der Waals surface area contributed by atoms with Crippen molar-refractivity contribution < 1.29 is 26.7 Å². The van der Waals surface area contributed by atoms with E-state index in [1.165, 1.54) is 35.2 Å². The zero-order valence-corrected chi connectivity index (χ0v) is 14.8. The molecule has 0 aromatic heterocycles. The molecule has 0 saturated carbocycles. The Labute approximate surface area is 150 Å². The van der Waals surface area contributed by atoms with Crippen LogP contribution in [0.1, 0.15) is 22.3 Å². The zero-order valence-electron chi connectivity index (χ0n) is 14.0. The summed E-state index contributed by atoms with van der Waals surface area (Å²) in [5.41, 5.74) is 1.23. The van der Waals surface area contributed by atoms with Crippen LogP contribution in [-0.4, -0.2) is 33.7 Å². The highest BCUT2D eigenvalue weighted by Crippen LogP contribution is 2.38. The molecule has 0 atom stereocenters. The summed E-state index contributed by atoms with van der Waals surface area (Å²) in [7, 11) is -3.47. The molecule has 2 aromatic rings. The molecule has 138 valence electrons. The maximum Gasteiger partial charge on any atom is 0.387 e. The summed E-state index contributed by atoms with van der Waals surface area (Å²) in [6.07, 6.45) is 2.37. The Bertz CT molecular complexity index is 944. The zero-order chi connectivity index (χ0) is 18.9. The number of carbonyl (C=O) groups excluding carboxylic acids is 1. The number of amides is 1. The molecular weight excluding hydrogens is 364 g/mol. The number of hydrogen-bond donors (Lipinski definition) is 0. The van der Waals surface area contributed by atoms with Crippen LogP contribution in [0.2, 0.25) is 0 Å². The van der Waals surface area contributed by atoms with E-state index in [9.17, 15) is 22.0 Å². The summed E-state index contributed by atoms with van der Waals surface area (Å²) in [6, 6.07) is 10.4. The first kappa shape index (κ1) is 18.3. The summed E-state index contributed by atoms with van der Waals surface area (Å²) in [4.78, 5) is 14.4. The van der Waals surface area contributed by atoms with Crippen molar-refractivity contribution in [1.29, 1.82) is 0 Å². The molecule has 1 aliphatic heterocycles. The number of ether oxygens (including phenoxy) is 1. The van der Waals surface area contributed by atoms with Crippen LogP contribution in [0.4, 0.5) is 14.5 Å². The first-order chi connectivity index (χ1) is 12.3. The molecule has 8 heteroatoms. The van der Waals surface area contributed by atoms with Gasteiger partial charge in [-0.15, -0.1) is 0 Å². The summed E-state index contributed by atoms with van der Waals surface area (Å²) < 4.78 is 53.5. The van der Waals surface area contributed by atoms with Gasteiger partial charge in [0.1, 0.15) is 5.75 Å². The lowest BCUT2D eigenvalue weighted by Gasteiger charge is -2.31. The molecule has 0 radical (unpaired) electrons. The number of sulfone groups is 1. The number of para-hydroxylation sites is 1. The Balaban J connectivity index is 2.03. The normalized spacial score (nSPS) is 14.2. The molecule has 0 N–H and O–H groups in total. The van der Waals surface area contributed by atoms with Gasteiger partial charge in [0.2, 0.25) is 0 Å². The van der Waals surface area contributed by atoms with Crippen LogP contribution in [0.15, 0.2) is 47.4 Å². The number of benzene rings is 2. The Hall–Kier alpha value is -2.48. The van der Waals surface area contributed by atoms with Crippen molar-refractivity contribution in [2.75, 3.05) is 17.7 Å². The van der Waals surface area contributed by atoms with Crippen LogP contribution in [0.3, 0.4) is 0 Å². The predicted molar refractivity (Wildman–Crippen MR) is 92.6 cm³/mol. The molecule has 0 fully saturated rings. The minimum Gasteiger partial charge on any atom is -0.433 e. The van der Waals surface area contributed by atoms with E-state index >= 15 is 0 Å². The lowest BCUT2D eigenvalue weighted by Crippen LogP contribution is -2.36. The highest BCUT2D eigenvalue weighted by molar-refractivity contribution is 7.90. The van der Waals surface area contributed by atoms with Gasteiger partial charge in [-0.1, -0.05) is 18.2 Å². The fourth-order valence-electron chi connectivity index (χ4n) is 3.03. The van der Waals surface area contributed by atoms with Crippen LogP contribution in [0.25, 0.3) is 0 Å². The maximum absolute atomic E-state index is 13.0. The number of nitrogens with zero attached hydrogens (tertiary/aromatic N) is 1. The van der Waals surface area contributed by atoms with Gasteiger partial charge >= 0.3 is 6.61 Å². The van der Waals surface area contributed by atoms with Crippen molar-refractivity contribution in [2.24, 2.45) is 0 Å². The van der Waals surface area contributed by atoms with Gasteiger partial charge in [-0.05, 0) is 42.7 Å². The van der Waals surface area contributed by atoms with E-state index in [0.29, 0.717) is 25.1 Å². The number of fused-ring (bicyclic) bond motifs is 1. The third kappa shape index (κ3) is 3.70. The van der Waals surface area contributed by atoms with Crippen molar-refractivity contribution in [2.45, 2.75) is 24.3 Å².